The van der Waals surface area contributed by atoms with Crippen molar-refractivity contribution in [2.75, 3.05) is 20.8 Å². The van der Waals surface area contributed by atoms with Crippen molar-refractivity contribution in [3.8, 4) is 11.5 Å². The Morgan fingerprint density at radius 1 is 1.13 bits per heavy atom. The van der Waals surface area contributed by atoms with E-state index in [4.69, 9.17) is 18.6 Å². The molecule has 31 heavy (non-hydrogen) atoms. The van der Waals surface area contributed by atoms with Gasteiger partial charge in [-0.2, -0.15) is 0 Å². The molecular weight excluding hydrogens is 398 g/mol. The molecule has 0 spiro atoms. The highest BCUT2D eigenvalue weighted by Crippen LogP contribution is 2.28. The SMILES string of the molecule is COc1ccc(/C=C/C(=O)OCC(=O)N(Cc2ccco2)C2=CCCCC2)cc1OC. The Bertz CT molecular complexity index is 945. The van der Waals surface area contributed by atoms with Crippen LogP contribution in [0.15, 0.2) is 58.9 Å². The van der Waals surface area contributed by atoms with Gasteiger partial charge in [-0.05, 0) is 61.6 Å². The maximum Gasteiger partial charge on any atom is 0.331 e. The molecule has 1 aliphatic carbocycles. The van der Waals surface area contributed by atoms with Gasteiger partial charge < -0.3 is 23.5 Å². The maximum absolute atomic E-state index is 12.8. The van der Waals surface area contributed by atoms with Gasteiger partial charge in [-0.1, -0.05) is 12.1 Å². The summed E-state index contributed by atoms with van der Waals surface area (Å²) in [4.78, 5) is 26.6. The van der Waals surface area contributed by atoms with Crippen molar-refractivity contribution in [3.63, 3.8) is 0 Å². The first-order valence-corrected chi connectivity index (χ1v) is 10.2. The van der Waals surface area contributed by atoms with Gasteiger partial charge in [-0.15, -0.1) is 0 Å². The molecule has 164 valence electrons. The van der Waals surface area contributed by atoms with E-state index in [0.29, 0.717) is 23.8 Å². The normalized spacial score (nSPS) is 13.5. The lowest BCUT2D eigenvalue weighted by Crippen LogP contribution is -2.34. The number of amides is 1. The molecule has 0 bridgehead atoms. The summed E-state index contributed by atoms with van der Waals surface area (Å²) < 4.78 is 21.0. The van der Waals surface area contributed by atoms with Gasteiger partial charge in [0.05, 0.1) is 27.0 Å². The third-order valence-corrected chi connectivity index (χ3v) is 4.97. The van der Waals surface area contributed by atoms with Crippen LogP contribution in [-0.2, 0) is 20.9 Å². The number of benzene rings is 1. The number of rotatable bonds is 9. The Morgan fingerprint density at radius 3 is 2.65 bits per heavy atom. The summed E-state index contributed by atoms with van der Waals surface area (Å²) in [6.45, 7) is -0.0240. The van der Waals surface area contributed by atoms with Crippen molar-refractivity contribution >= 4 is 18.0 Å². The van der Waals surface area contributed by atoms with E-state index >= 15 is 0 Å². The maximum atomic E-state index is 12.8. The minimum Gasteiger partial charge on any atom is -0.493 e. The van der Waals surface area contributed by atoms with Crippen LogP contribution in [0, 0.1) is 0 Å². The van der Waals surface area contributed by atoms with Crippen LogP contribution in [0.1, 0.15) is 37.0 Å². The predicted octanol–water partition coefficient (Wildman–Crippen LogP) is 4.34. The van der Waals surface area contributed by atoms with E-state index in [1.807, 2.05) is 6.07 Å². The van der Waals surface area contributed by atoms with Crippen LogP contribution in [0.2, 0.25) is 0 Å². The molecule has 0 atom stereocenters. The summed E-state index contributed by atoms with van der Waals surface area (Å²) >= 11 is 0. The first-order valence-electron chi connectivity index (χ1n) is 10.2. The van der Waals surface area contributed by atoms with E-state index in [-0.39, 0.29) is 12.5 Å². The van der Waals surface area contributed by atoms with Crippen molar-refractivity contribution in [2.45, 2.75) is 32.2 Å². The van der Waals surface area contributed by atoms with Crippen LogP contribution in [0.3, 0.4) is 0 Å². The minimum atomic E-state index is -0.598. The lowest BCUT2D eigenvalue weighted by molar-refractivity contribution is -0.147. The van der Waals surface area contributed by atoms with Gasteiger partial charge in [-0.3, -0.25) is 4.79 Å². The van der Waals surface area contributed by atoms with Crippen molar-refractivity contribution in [3.05, 3.63) is 65.8 Å². The van der Waals surface area contributed by atoms with E-state index in [9.17, 15) is 9.59 Å². The Morgan fingerprint density at radius 2 is 1.97 bits per heavy atom. The smallest absolute Gasteiger partial charge is 0.331 e. The molecule has 1 amide bonds. The fourth-order valence-corrected chi connectivity index (χ4v) is 3.35. The number of methoxy groups -OCH3 is 2. The zero-order chi connectivity index (χ0) is 22.1. The van der Waals surface area contributed by atoms with E-state index in [1.54, 1.807) is 55.7 Å². The highest BCUT2D eigenvalue weighted by atomic mass is 16.5. The molecule has 1 aromatic carbocycles. The third-order valence-electron chi connectivity index (χ3n) is 4.97. The van der Waals surface area contributed by atoms with Gasteiger partial charge in [0.15, 0.2) is 18.1 Å². The number of nitrogens with zero attached hydrogens (tertiary/aromatic N) is 1. The Labute approximate surface area is 181 Å². The van der Waals surface area contributed by atoms with Crippen LogP contribution >= 0.6 is 0 Å². The summed E-state index contributed by atoms with van der Waals surface area (Å²) in [7, 11) is 3.10. The predicted molar refractivity (Wildman–Crippen MR) is 115 cm³/mol. The zero-order valence-electron chi connectivity index (χ0n) is 17.8. The molecule has 0 saturated heterocycles. The highest BCUT2D eigenvalue weighted by Gasteiger charge is 2.22. The quantitative estimate of drug-likeness (QED) is 0.439. The second kappa shape index (κ2) is 11.1. The van der Waals surface area contributed by atoms with Crippen LogP contribution in [0.25, 0.3) is 6.08 Å². The monoisotopic (exact) mass is 425 g/mol. The molecule has 0 N–H and O–H groups in total. The van der Waals surface area contributed by atoms with Gasteiger partial charge in [0.2, 0.25) is 0 Å². The number of allylic oxidation sites excluding steroid dienone is 2. The lowest BCUT2D eigenvalue weighted by atomic mass is 10.0. The van der Waals surface area contributed by atoms with Gasteiger partial charge in [0, 0.05) is 11.8 Å². The van der Waals surface area contributed by atoms with E-state index in [1.165, 1.54) is 6.08 Å². The number of carbonyl (C=O) groups excluding carboxylic acids is 2. The molecule has 0 fully saturated rings. The molecule has 1 aliphatic rings. The Hall–Kier alpha value is -3.48. The fourth-order valence-electron chi connectivity index (χ4n) is 3.35. The minimum absolute atomic E-state index is 0.280. The number of ether oxygens (including phenoxy) is 3. The number of hydrogen-bond acceptors (Lipinski definition) is 6. The summed E-state index contributed by atoms with van der Waals surface area (Å²) in [5.74, 6) is 0.958. The average Bonchev–Trinajstić information content (AvgIpc) is 3.33. The fraction of sp³-hybridized carbons (Fsp3) is 0.333. The molecule has 2 aromatic rings. The second-order valence-corrected chi connectivity index (χ2v) is 7.06. The molecule has 3 rings (SSSR count). The molecule has 0 saturated carbocycles. The molecule has 7 nitrogen and oxygen atoms in total. The Kier molecular flexibility index (Phi) is 7.92. The third kappa shape index (κ3) is 6.25. The summed E-state index contributed by atoms with van der Waals surface area (Å²) in [5.41, 5.74) is 1.69. The molecular formula is C24H27NO6. The van der Waals surface area contributed by atoms with Gasteiger partial charge in [0.1, 0.15) is 5.76 Å². The topological polar surface area (TPSA) is 78.2 Å². The highest BCUT2D eigenvalue weighted by molar-refractivity contribution is 5.89. The number of hydrogen-bond donors (Lipinski definition) is 0. The first-order chi connectivity index (χ1) is 15.1. The number of carbonyl (C=O) groups is 2. The molecule has 0 unspecified atom stereocenters. The van der Waals surface area contributed by atoms with Gasteiger partial charge in [0.25, 0.3) is 5.91 Å². The second-order valence-electron chi connectivity index (χ2n) is 7.06. The largest absolute Gasteiger partial charge is 0.493 e. The number of esters is 1. The van der Waals surface area contributed by atoms with E-state index in [0.717, 1.165) is 36.9 Å². The summed E-state index contributed by atoms with van der Waals surface area (Å²) in [6, 6.07) is 8.89. The van der Waals surface area contributed by atoms with Crippen LogP contribution in [-0.4, -0.2) is 37.6 Å². The zero-order valence-corrected chi connectivity index (χ0v) is 17.8. The van der Waals surface area contributed by atoms with Crippen LogP contribution in [0.5, 0.6) is 11.5 Å². The Balaban J connectivity index is 1.60. The first kappa shape index (κ1) is 22.2. The van der Waals surface area contributed by atoms with Crippen molar-refractivity contribution in [2.24, 2.45) is 0 Å². The van der Waals surface area contributed by atoms with E-state index < -0.39 is 5.97 Å². The number of furan rings is 1. The van der Waals surface area contributed by atoms with Gasteiger partial charge >= 0.3 is 5.97 Å². The molecule has 1 aromatic heterocycles. The van der Waals surface area contributed by atoms with Crippen LogP contribution < -0.4 is 9.47 Å². The lowest BCUT2D eigenvalue weighted by Gasteiger charge is -2.26. The summed E-state index contributed by atoms with van der Waals surface area (Å²) in [6.07, 6.45) is 10.4. The molecule has 0 radical (unpaired) electrons. The van der Waals surface area contributed by atoms with Crippen LogP contribution in [0.4, 0.5) is 0 Å². The van der Waals surface area contributed by atoms with E-state index in [2.05, 4.69) is 6.08 Å². The summed E-state index contributed by atoms with van der Waals surface area (Å²) in [5, 5.41) is 0. The molecule has 7 heteroatoms. The van der Waals surface area contributed by atoms with Crippen molar-refractivity contribution in [1.29, 1.82) is 0 Å². The van der Waals surface area contributed by atoms with Crippen molar-refractivity contribution < 1.29 is 28.2 Å². The van der Waals surface area contributed by atoms with Gasteiger partial charge in [-0.25, -0.2) is 4.79 Å². The standard InChI is InChI=1S/C24H27NO6/c1-28-21-12-10-18(15-22(21)29-2)11-13-24(27)31-17-23(26)25(16-20-9-6-14-30-20)19-7-4-3-5-8-19/h6-7,9-15H,3-5,8,16-17H2,1-2H3/b13-11+. The molecule has 0 aliphatic heterocycles. The molecule has 1 heterocycles. The average molecular weight is 425 g/mol. The van der Waals surface area contributed by atoms with Crippen molar-refractivity contribution in [1.82, 2.24) is 4.90 Å².